The van der Waals surface area contributed by atoms with Gasteiger partial charge in [-0.05, 0) is 24.7 Å². The van der Waals surface area contributed by atoms with Gasteiger partial charge in [-0.15, -0.1) is 23.2 Å². The first kappa shape index (κ1) is 11.3. The lowest BCUT2D eigenvalue weighted by atomic mass is 9.51. The zero-order chi connectivity index (χ0) is 11.9. The van der Waals surface area contributed by atoms with Gasteiger partial charge in [-0.3, -0.25) is 9.59 Å². The lowest BCUT2D eigenvalue weighted by Gasteiger charge is -2.59. The van der Waals surface area contributed by atoms with E-state index in [1.165, 1.54) is 0 Å². The Labute approximate surface area is 112 Å². The quantitative estimate of drug-likeness (QED) is 0.509. The molecule has 4 aliphatic carbocycles. The average molecular weight is 300 g/mol. The van der Waals surface area contributed by atoms with E-state index in [4.69, 9.17) is 46.4 Å². The van der Waals surface area contributed by atoms with Gasteiger partial charge in [-0.2, -0.15) is 0 Å². The Balaban J connectivity index is 2.35. The Kier molecular flexibility index (Phi) is 2.11. The van der Waals surface area contributed by atoms with Crippen molar-refractivity contribution >= 4 is 58.0 Å². The van der Waals surface area contributed by atoms with E-state index in [0.717, 1.165) is 12.8 Å². The summed E-state index contributed by atoms with van der Waals surface area (Å²) < 4.78 is 0. The van der Waals surface area contributed by atoms with Crippen LogP contribution in [0.15, 0.2) is 10.1 Å². The summed E-state index contributed by atoms with van der Waals surface area (Å²) in [7, 11) is 0. The molecule has 0 N–H and O–H groups in total. The highest BCUT2D eigenvalue weighted by Crippen LogP contribution is 2.67. The summed E-state index contributed by atoms with van der Waals surface area (Å²) in [5.74, 6) is -1.74. The van der Waals surface area contributed by atoms with Crippen LogP contribution in [0.4, 0.5) is 0 Å². The first-order valence-corrected chi connectivity index (χ1v) is 6.40. The van der Waals surface area contributed by atoms with Gasteiger partial charge in [0.25, 0.3) is 0 Å². The minimum absolute atomic E-state index is 0.0383. The Morgan fingerprint density at radius 3 is 1.44 bits per heavy atom. The van der Waals surface area contributed by atoms with Gasteiger partial charge in [-0.1, -0.05) is 23.2 Å². The fraction of sp³-hybridized carbons (Fsp3) is 0.600. The van der Waals surface area contributed by atoms with Crippen LogP contribution in [0.2, 0.25) is 0 Å². The van der Waals surface area contributed by atoms with Gasteiger partial charge in [0.15, 0.2) is 9.75 Å². The van der Waals surface area contributed by atoms with Gasteiger partial charge in [0.2, 0.25) is 11.6 Å². The molecule has 2 saturated carbocycles. The van der Waals surface area contributed by atoms with E-state index in [1.54, 1.807) is 0 Å². The first-order chi connectivity index (χ1) is 7.36. The molecule has 0 heterocycles. The van der Waals surface area contributed by atoms with Crippen LogP contribution in [-0.2, 0) is 9.59 Å². The summed E-state index contributed by atoms with van der Waals surface area (Å²) >= 11 is 24.5. The minimum atomic E-state index is -1.45. The topological polar surface area (TPSA) is 34.1 Å². The largest absolute Gasteiger partial charge is 0.288 e. The fourth-order valence-corrected chi connectivity index (χ4v) is 4.69. The highest BCUT2D eigenvalue weighted by atomic mass is 35.5. The number of halogens is 4. The van der Waals surface area contributed by atoms with Crippen molar-refractivity contribution in [3.05, 3.63) is 10.1 Å². The van der Waals surface area contributed by atoms with Crippen LogP contribution in [0.5, 0.6) is 0 Å². The van der Waals surface area contributed by atoms with E-state index < -0.39 is 21.3 Å². The SMILES string of the molecule is O=C1C(=O)[C@]2(Cl)C(Cl)=C(Cl)[C@@]1(Cl)[C@@H]1CC[C@@H]12. The highest BCUT2D eigenvalue weighted by molar-refractivity contribution is 6.70. The monoisotopic (exact) mass is 298 g/mol. The van der Waals surface area contributed by atoms with Crippen molar-refractivity contribution in [2.45, 2.75) is 22.6 Å². The second-order valence-electron chi connectivity index (χ2n) is 4.50. The molecule has 2 fully saturated rings. The maximum absolute atomic E-state index is 11.9. The van der Waals surface area contributed by atoms with Gasteiger partial charge in [0.05, 0.1) is 10.1 Å². The summed E-state index contributed by atoms with van der Waals surface area (Å²) in [6.07, 6.45) is 1.50. The molecule has 4 aliphatic rings. The number of Topliss-reactive ketones (excluding diaryl/α,β-unsaturated/α-hetero) is 2. The molecule has 0 aromatic rings. The standard InChI is InChI=1S/C10H6Cl4O2/c11-5-6(12)10(14)4-2-1-3(4)9(5,13)7(15)8(10)16/h3-4H,1-2H2/t3-,4+,9+,10-. The molecule has 0 amide bonds. The predicted molar refractivity (Wildman–Crippen MR) is 62.1 cm³/mol. The van der Waals surface area contributed by atoms with Crippen LogP contribution >= 0.6 is 46.4 Å². The number of allylic oxidation sites excluding steroid dienone is 2. The molecule has 4 atom stereocenters. The maximum atomic E-state index is 11.9. The van der Waals surface area contributed by atoms with Crippen molar-refractivity contribution in [2.75, 3.05) is 0 Å². The molecule has 6 heteroatoms. The van der Waals surface area contributed by atoms with Crippen LogP contribution in [-0.4, -0.2) is 21.3 Å². The molecule has 0 unspecified atom stereocenters. The lowest BCUT2D eigenvalue weighted by Crippen LogP contribution is -2.70. The zero-order valence-electron chi connectivity index (χ0n) is 7.90. The van der Waals surface area contributed by atoms with Crippen molar-refractivity contribution in [3.8, 4) is 0 Å². The van der Waals surface area contributed by atoms with Gasteiger partial charge < -0.3 is 0 Å². The lowest BCUT2D eigenvalue weighted by molar-refractivity contribution is -0.147. The van der Waals surface area contributed by atoms with Crippen molar-refractivity contribution < 1.29 is 9.59 Å². The number of carbonyl (C=O) groups is 2. The van der Waals surface area contributed by atoms with E-state index in [9.17, 15) is 9.59 Å². The highest BCUT2D eigenvalue weighted by Gasteiger charge is 2.74. The van der Waals surface area contributed by atoms with Crippen LogP contribution in [0.1, 0.15) is 12.8 Å². The number of carbonyl (C=O) groups excluding carboxylic acids is 2. The predicted octanol–water partition coefficient (Wildman–Crippen LogP) is 2.82. The van der Waals surface area contributed by atoms with Crippen molar-refractivity contribution in [1.29, 1.82) is 0 Å². The minimum Gasteiger partial charge on any atom is -0.288 e. The first-order valence-electron chi connectivity index (χ1n) is 4.89. The van der Waals surface area contributed by atoms with E-state index >= 15 is 0 Å². The molecule has 86 valence electrons. The third kappa shape index (κ3) is 0.881. The molecule has 0 aliphatic heterocycles. The summed E-state index contributed by atoms with van der Waals surface area (Å²) in [6.45, 7) is 0. The third-order valence-corrected chi connectivity index (χ3v) is 6.54. The molecule has 16 heavy (non-hydrogen) atoms. The molecular weight excluding hydrogens is 294 g/mol. The fourth-order valence-electron chi connectivity index (χ4n) is 2.96. The van der Waals surface area contributed by atoms with Crippen LogP contribution in [0, 0.1) is 11.8 Å². The second kappa shape index (κ2) is 2.97. The van der Waals surface area contributed by atoms with Crippen molar-refractivity contribution in [3.63, 3.8) is 0 Å². The molecule has 4 rings (SSSR count). The van der Waals surface area contributed by atoms with E-state index in [-0.39, 0.29) is 21.9 Å². The molecule has 2 nitrogen and oxygen atoms in total. The normalized spacial score (nSPS) is 50.5. The van der Waals surface area contributed by atoms with Gasteiger partial charge in [0, 0.05) is 0 Å². The summed E-state index contributed by atoms with van der Waals surface area (Å²) in [4.78, 5) is 20.9. The smallest absolute Gasteiger partial charge is 0.227 e. The van der Waals surface area contributed by atoms with E-state index in [2.05, 4.69) is 0 Å². The van der Waals surface area contributed by atoms with Crippen molar-refractivity contribution in [2.24, 2.45) is 11.8 Å². The molecule has 0 aromatic heterocycles. The molecule has 0 saturated heterocycles. The molecule has 0 aromatic carbocycles. The maximum Gasteiger partial charge on any atom is 0.227 e. The summed E-state index contributed by atoms with van der Waals surface area (Å²) in [6, 6.07) is 0. The number of rotatable bonds is 0. The summed E-state index contributed by atoms with van der Waals surface area (Å²) in [5.41, 5.74) is 0. The average Bonchev–Trinajstić information content (AvgIpc) is 2.19. The molecular formula is C10H6Cl4O2. The molecule has 2 bridgehead atoms. The van der Waals surface area contributed by atoms with Gasteiger partial charge in [0.1, 0.15) is 0 Å². The second-order valence-corrected chi connectivity index (χ2v) is 6.45. The Hall–Kier alpha value is 0.240. The number of ketones is 2. The summed E-state index contributed by atoms with van der Waals surface area (Å²) in [5, 5.41) is 0.0766. The van der Waals surface area contributed by atoms with Crippen molar-refractivity contribution in [1.82, 2.24) is 0 Å². The molecule has 0 radical (unpaired) electrons. The van der Waals surface area contributed by atoms with Crippen LogP contribution < -0.4 is 0 Å². The van der Waals surface area contributed by atoms with Gasteiger partial charge in [-0.25, -0.2) is 0 Å². The van der Waals surface area contributed by atoms with E-state index in [0.29, 0.717) is 0 Å². The van der Waals surface area contributed by atoms with Crippen LogP contribution in [0.3, 0.4) is 0 Å². The number of fused-ring (bicyclic) bond motifs is 1. The Morgan fingerprint density at radius 2 is 1.19 bits per heavy atom. The number of hydrogen-bond acceptors (Lipinski definition) is 2. The number of hydrogen-bond donors (Lipinski definition) is 0. The Morgan fingerprint density at radius 1 is 0.875 bits per heavy atom. The number of alkyl halides is 2. The Bertz CT molecular complexity index is 429. The zero-order valence-corrected chi connectivity index (χ0v) is 10.9. The van der Waals surface area contributed by atoms with Gasteiger partial charge >= 0.3 is 0 Å². The third-order valence-electron chi connectivity index (χ3n) is 3.99. The molecule has 0 spiro atoms. The van der Waals surface area contributed by atoms with Crippen LogP contribution in [0.25, 0.3) is 0 Å². The van der Waals surface area contributed by atoms with E-state index in [1.807, 2.05) is 0 Å².